The molecule has 4 heteroatoms. The van der Waals surface area contributed by atoms with Crippen LogP contribution in [0.4, 0.5) is 11.4 Å². The van der Waals surface area contributed by atoms with Crippen molar-refractivity contribution in [2.75, 3.05) is 4.90 Å². The Bertz CT molecular complexity index is 3640. The van der Waals surface area contributed by atoms with Gasteiger partial charge in [0.15, 0.2) is 0 Å². The zero-order chi connectivity index (χ0) is 40.7. The van der Waals surface area contributed by atoms with Crippen LogP contribution in [0.2, 0.25) is 0 Å². The summed E-state index contributed by atoms with van der Waals surface area (Å²) in [6, 6.07) is 72.6. The molecular weight excluding hydrogens is 753 g/mol. The lowest BCUT2D eigenvalue weighted by molar-refractivity contribution is 0.839. The monoisotopic (exact) mass is 790 g/mol. The van der Waals surface area contributed by atoms with Crippen molar-refractivity contribution in [3.05, 3.63) is 223 Å². The van der Waals surface area contributed by atoms with Gasteiger partial charge in [0.25, 0.3) is 0 Å². The maximum atomic E-state index is 5.37. The molecule has 0 bridgehead atoms. The predicted molar refractivity (Wildman–Crippen MR) is 257 cm³/mol. The molecule has 9 aromatic carbocycles. The van der Waals surface area contributed by atoms with Gasteiger partial charge < -0.3 is 9.47 Å². The minimum atomic E-state index is 0.114. The van der Waals surface area contributed by atoms with Gasteiger partial charge in [0.1, 0.15) is 0 Å². The summed E-state index contributed by atoms with van der Waals surface area (Å²) in [6.45, 7) is 0. The molecule has 0 amide bonds. The van der Waals surface area contributed by atoms with E-state index < -0.39 is 0 Å². The van der Waals surface area contributed by atoms with Crippen LogP contribution in [0.1, 0.15) is 12.0 Å². The third kappa shape index (κ3) is 5.26. The molecule has 0 saturated carbocycles. The van der Waals surface area contributed by atoms with Crippen molar-refractivity contribution >= 4 is 66.5 Å². The van der Waals surface area contributed by atoms with Gasteiger partial charge in [-0.15, -0.1) is 0 Å². The van der Waals surface area contributed by atoms with Crippen molar-refractivity contribution in [3.8, 4) is 39.2 Å². The minimum Gasteiger partial charge on any atom is -0.333 e. The van der Waals surface area contributed by atoms with Crippen LogP contribution in [0.3, 0.4) is 0 Å². The Morgan fingerprint density at radius 1 is 0.452 bits per heavy atom. The fourth-order valence-electron chi connectivity index (χ4n) is 10.4. The lowest BCUT2D eigenvalue weighted by Gasteiger charge is -2.29. The summed E-state index contributed by atoms with van der Waals surface area (Å²) >= 11 is 0. The number of nitrogens with zero attached hydrogens (tertiary/aromatic N) is 4. The molecule has 0 radical (unpaired) electrons. The number of para-hydroxylation sites is 2. The molecule has 290 valence electrons. The zero-order valence-corrected chi connectivity index (χ0v) is 33.8. The second kappa shape index (κ2) is 13.7. The summed E-state index contributed by atoms with van der Waals surface area (Å²) in [5.74, 6) is 0. The highest BCUT2D eigenvalue weighted by molar-refractivity contribution is 6.23. The Morgan fingerprint density at radius 3 is 1.76 bits per heavy atom. The van der Waals surface area contributed by atoms with E-state index in [0.29, 0.717) is 0 Å². The second-order valence-electron chi connectivity index (χ2n) is 16.5. The molecule has 2 aliphatic rings. The van der Waals surface area contributed by atoms with Gasteiger partial charge in [0, 0.05) is 49.6 Å². The first-order valence-electron chi connectivity index (χ1n) is 21.4. The topological polar surface area (TPSA) is 34.0 Å². The highest BCUT2D eigenvalue weighted by Gasteiger charge is 2.37. The number of fused-ring (bicyclic) bond motifs is 12. The normalized spacial score (nSPS) is 14.3. The highest BCUT2D eigenvalue weighted by atomic mass is 15.2. The molecule has 0 saturated heterocycles. The Hall–Kier alpha value is -8.08. The van der Waals surface area contributed by atoms with E-state index in [1.807, 2.05) is 6.20 Å². The van der Waals surface area contributed by atoms with Crippen molar-refractivity contribution in [1.29, 1.82) is 0 Å². The average Bonchev–Trinajstić information content (AvgIpc) is 3.87. The summed E-state index contributed by atoms with van der Waals surface area (Å²) < 4.78 is 2.50. The number of aromatic nitrogens is 3. The van der Waals surface area contributed by atoms with E-state index in [-0.39, 0.29) is 6.04 Å². The highest BCUT2D eigenvalue weighted by Crippen LogP contribution is 2.47. The molecule has 1 aliphatic heterocycles. The van der Waals surface area contributed by atoms with Gasteiger partial charge in [0.2, 0.25) is 0 Å². The van der Waals surface area contributed by atoms with Crippen molar-refractivity contribution in [2.24, 2.45) is 0 Å². The molecule has 0 fully saturated rings. The first kappa shape index (κ1) is 34.8. The first-order chi connectivity index (χ1) is 30.8. The Balaban J connectivity index is 0.991. The van der Waals surface area contributed by atoms with Gasteiger partial charge >= 0.3 is 0 Å². The van der Waals surface area contributed by atoms with E-state index in [1.165, 1.54) is 71.3 Å². The van der Waals surface area contributed by atoms with E-state index in [1.54, 1.807) is 0 Å². The molecule has 62 heavy (non-hydrogen) atoms. The number of anilines is 2. The zero-order valence-electron chi connectivity index (χ0n) is 33.8. The minimum absolute atomic E-state index is 0.114. The molecule has 3 heterocycles. The third-order valence-corrected chi connectivity index (χ3v) is 13.1. The second-order valence-corrected chi connectivity index (χ2v) is 16.5. The fraction of sp³-hybridized carbons (Fsp3) is 0.0345. The van der Waals surface area contributed by atoms with E-state index >= 15 is 0 Å². The Kier molecular flexibility index (Phi) is 7.70. The smallest absolute Gasteiger partial charge is 0.0979 e. The van der Waals surface area contributed by atoms with E-state index in [0.717, 1.165) is 50.9 Å². The third-order valence-electron chi connectivity index (χ3n) is 13.1. The maximum Gasteiger partial charge on any atom is 0.0979 e. The molecule has 0 spiro atoms. The van der Waals surface area contributed by atoms with Crippen LogP contribution in [-0.2, 0) is 0 Å². The van der Waals surface area contributed by atoms with Crippen LogP contribution in [-0.4, -0.2) is 20.6 Å². The van der Waals surface area contributed by atoms with Crippen LogP contribution in [0, 0.1) is 0 Å². The predicted octanol–water partition coefficient (Wildman–Crippen LogP) is 12.8. The first-order valence-corrected chi connectivity index (χ1v) is 21.4. The average molecular weight is 791 g/mol. The summed E-state index contributed by atoms with van der Waals surface area (Å²) in [7, 11) is 0. The molecule has 2 aromatic heterocycles. The van der Waals surface area contributed by atoms with Crippen LogP contribution < -0.4 is 15.5 Å². The van der Waals surface area contributed by atoms with E-state index in [9.17, 15) is 0 Å². The Labute approximate surface area is 358 Å². The number of hydrogen-bond acceptors (Lipinski definition) is 3. The van der Waals surface area contributed by atoms with Crippen molar-refractivity contribution in [1.82, 2.24) is 14.5 Å². The molecule has 0 N–H and O–H groups in total. The molecule has 11 aromatic rings. The lowest BCUT2D eigenvalue weighted by atomic mass is 9.93. The van der Waals surface area contributed by atoms with Crippen LogP contribution in [0.25, 0.3) is 94.3 Å². The van der Waals surface area contributed by atoms with Gasteiger partial charge in [-0.05, 0) is 87.5 Å². The lowest BCUT2D eigenvalue weighted by Crippen LogP contribution is -2.40. The number of hydrogen-bond donors (Lipinski definition) is 0. The number of rotatable bonds is 5. The van der Waals surface area contributed by atoms with Crippen LogP contribution >= 0.6 is 0 Å². The van der Waals surface area contributed by atoms with Crippen LogP contribution in [0.5, 0.6) is 0 Å². The van der Waals surface area contributed by atoms with E-state index in [4.69, 9.17) is 9.97 Å². The summed E-state index contributed by atoms with van der Waals surface area (Å²) in [5.41, 5.74) is 16.0. The van der Waals surface area contributed by atoms with Gasteiger partial charge in [-0.25, -0.2) is 4.98 Å². The fourth-order valence-corrected chi connectivity index (χ4v) is 10.4. The van der Waals surface area contributed by atoms with Gasteiger partial charge in [-0.2, -0.15) is 0 Å². The van der Waals surface area contributed by atoms with Gasteiger partial charge in [-0.3, -0.25) is 4.98 Å². The van der Waals surface area contributed by atoms with Gasteiger partial charge in [0.05, 0.1) is 39.8 Å². The molecule has 1 atom stereocenters. The van der Waals surface area contributed by atoms with Gasteiger partial charge in [-0.1, -0.05) is 164 Å². The van der Waals surface area contributed by atoms with E-state index in [2.05, 4.69) is 216 Å². The SMILES string of the molecule is C1=c2c(c3ccccc3n2-c2cc(-c3ccccc3)cc(-c3ccccc3)c2)=C2c3ccccc3N(c3cccc(-c4cnc5c6ccccc6c6ccccc6c5n4)c3)C2C1. The maximum absolute atomic E-state index is 5.37. The summed E-state index contributed by atoms with van der Waals surface area (Å²) in [5, 5.41) is 8.47. The molecule has 1 aliphatic carbocycles. The molecule has 4 nitrogen and oxygen atoms in total. The standard InChI is InChI=1S/C58H38N4/c1-3-16-37(17-4-1)40-32-41(38-18-5-2-6-19-38)35-43(34-40)62-52-29-14-12-27-49(52)56-54(62)31-30-53-55(56)48-26-11-13-28-51(48)61(53)42-21-15-20-39(33-42)50-36-59-57-46-24-9-7-22-44(46)45-23-8-10-25-47(45)58(57)60-50/h1-29,31-36,53H,30H2. The number of benzene rings is 9. The molecule has 1 unspecified atom stereocenters. The summed E-state index contributed by atoms with van der Waals surface area (Å²) in [6.07, 6.45) is 5.29. The quantitative estimate of drug-likeness (QED) is 0.163. The largest absolute Gasteiger partial charge is 0.333 e. The molecular formula is C58H38N4. The van der Waals surface area contributed by atoms with Crippen LogP contribution in [0.15, 0.2) is 206 Å². The summed E-state index contributed by atoms with van der Waals surface area (Å²) in [4.78, 5) is 13.0. The Morgan fingerprint density at radius 2 is 1.03 bits per heavy atom. The van der Waals surface area contributed by atoms with Crippen molar-refractivity contribution in [2.45, 2.75) is 12.5 Å². The molecule has 13 rings (SSSR count). The van der Waals surface area contributed by atoms with Crippen molar-refractivity contribution in [3.63, 3.8) is 0 Å². The van der Waals surface area contributed by atoms with Crippen molar-refractivity contribution < 1.29 is 0 Å².